The first-order valence-electron chi connectivity index (χ1n) is 8.92. The van der Waals surface area contributed by atoms with Gasteiger partial charge in [-0.15, -0.1) is 0 Å². The molecule has 0 bridgehead atoms. The largest absolute Gasteiger partial charge is 0.419 e. The van der Waals surface area contributed by atoms with Gasteiger partial charge in [-0.3, -0.25) is 9.89 Å². The summed E-state index contributed by atoms with van der Waals surface area (Å²) in [6.07, 6.45) is -3.61. The number of halogens is 4. The first-order valence-corrected chi connectivity index (χ1v) is 9.33. The Morgan fingerprint density at radius 2 is 1.93 bits per heavy atom. The van der Waals surface area contributed by atoms with Gasteiger partial charge in [0.2, 0.25) is 0 Å². The lowest BCUT2D eigenvalue weighted by Gasteiger charge is -2.32. The summed E-state index contributed by atoms with van der Waals surface area (Å²) in [7, 11) is 0. The lowest BCUT2D eigenvalue weighted by atomic mass is 9.95. The molecule has 0 aliphatic carbocycles. The second-order valence-electron chi connectivity index (χ2n) is 7.11. The number of carbonyl (C=O) groups excluding carboxylic acids is 1. The Morgan fingerprint density at radius 1 is 1.29 bits per heavy atom. The molecule has 10 heteroatoms. The Kier molecular flexibility index (Phi) is 5.60. The van der Waals surface area contributed by atoms with Crippen LogP contribution in [0.5, 0.6) is 0 Å². The molecular formula is C18H20F4N4OS. The van der Waals surface area contributed by atoms with E-state index in [1.54, 1.807) is 0 Å². The van der Waals surface area contributed by atoms with Gasteiger partial charge in [0.15, 0.2) is 4.77 Å². The Balaban J connectivity index is 1.74. The molecule has 0 spiro atoms. The number of aromatic nitrogens is 3. The number of piperidine rings is 1. The third kappa shape index (κ3) is 3.96. The standard InChI is InChI=1S/C18H20F4N4OS/c1-10(2)26-15(23-24-17(26)28)11-5-7-25(8-6-11)16(27)12-3-4-14(19)13(9-12)18(20,21)22/h3-4,9-11H,5-8H2,1-2H3,(H,24,28). The van der Waals surface area contributed by atoms with Crippen molar-refractivity contribution >= 4 is 18.1 Å². The topological polar surface area (TPSA) is 53.9 Å². The van der Waals surface area contributed by atoms with Crippen molar-refractivity contribution in [1.29, 1.82) is 0 Å². The fourth-order valence-corrected chi connectivity index (χ4v) is 3.85. The molecule has 2 aromatic rings. The van der Waals surface area contributed by atoms with Crippen LogP contribution in [0, 0.1) is 10.6 Å². The zero-order chi connectivity index (χ0) is 20.6. The smallest absolute Gasteiger partial charge is 0.339 e. The predicted molar refractivity (Wildman–Crippen MR) is 97.1 cm³/mol. The molecule has 5 nitrogen and oxygen atoms in total. The van der Waals surface area contributed by atoms with Crippen molar-refractivity contribution in [2.45, 2.75) is 44.8 Å². The van der Waals surface area contributed by atoms with Gasteiger partial charge in [0.1, 0.15) is 11.6 Å². The van der Waals surface area contributed by atoms with Gasteiger partial charge in [0.25, 0.3) is 5.91 Å². The molecule has 0 radical (unpaired) electrons. The fraction of sp³-hybridized carbons (Fsp3) is 0.500. The molecular weight excluding hydrogens is 396 g/mol. The van der Waals surface area contributed by atoms with Crippen LogP contribution in [0.4, 0.5) is 17.6 Å². The molecule has 28 heavy (non-hydrogen) atoms. The predicted octanol–water partition coefficient (Wildman–Crippen LogP) is 4.70. The highest BCUT2D eigenvalue weighted by molar-refractivity contribution is 7.71. The van der Waals surface area contributed by atoms with Crippen LogP contribution in [0.1, 0.15) is 60.4 Å². The Labute approximate surface area is 164 Å². The average molecular weight is 416 g/mol. The van der Waals surface area contributed by atoms with Crippen molar-refractivity contribution in [2.24, 2.45) is 0 Å². The maximum absolute atomic E-state index is 13.4. The quantitative estimate of drug-likeness (QED) is 0.583. The molecule has 0 atom stereocenters. The Hall–Kier alpha value is -2.23. The lowest BCUT2D eigenvalue weighted by molar-refractivity contribution is -0.140. The monoisotopic (exact) mass is 416 g/mol. The van der Waals surface area contributed by atoms with Gasteiger partial charge in [-0.1, -0.05) is 0 Å². The molecule has 3 rings (SSSR count). The van der Waals surface area contributed by atoms with Gasteiger partial charge in [0.05, 0.1) is 5.56 Å². The summed E-state index contributed by atoms with van der Waals surface area (Å²) in [5, 5.41) is 7.11. The summed E-state index contributed by atoms with van der Waals surface area (Å²) in [5.74, 6) is -1.00. The van der Waals surface area contributed by atoms with E-state index in [-0.39, 0.29) is 17.5 Å². The molecule has 1 amide bonds. The number of H-pyrrole nitrogens is 1. The number of amides is 1. The highest BCUT2D eigenvalue weighted by atomic mass is 32.1. The maximum Gasteiger partial charge on any atom is 0.419 e. The fourth-order valence-electron chi connectivity index (χ4n) is 3.50. The van der Waals surface area contributed by atoms with Crippen LogP contribution >= 0.6 is 12.2 Å². The third-order valence-electron chi connectivity index (χ3n) is 4.91. The van der Waals surface area contributed by atoms with Gasteiger partial charge < -0.3 is 9.47 Å². The molecule has 1 saturated heterocycles. The third-order valence-corrected chi connectivity index (χ3v) is 5.20. The first-order chi connectivity index (χ1) is 13.1. The number of hydrogen-bond acceptors (Lipinski definition) is 3. The van der Waals surface area contributed by atoms with Crippen LogP contribution in [0.2, 0.25) is 0 Å². The van der Waals surface area contributed by atoms with Gasteiger partial charge in [-0.2, -0.15) is 18.3 Å². The minimum atomic E-state index is -4.85. The number of aromatic amines is 1. The lowest BCUT2D eigenvalue weighted by Crippen LogP contribution is -2.38. The van der Waals surface area contributed by atoms with Crippen molar-refractivity contribution in [3.8, 4) is 0 Å². The molecule has 0 unspecified atom stereocenters. The molecule has 1 N–H and O–H groups in total. The highest BCUT2D eigenvalue weighted by Crippen LogP contribution is 2.33. The van der Waals surface area contributed by atoms with Gasteiger partial charge in [0, 0.05) is 30.6 Å². The Bertz CT molecular complexity index is 926. The van der Waals surface area contributed by atoms with E-state index < -0.39 is 23.5 Å². The van der Waals surface area contributed by atoms with E-state index in [4.69, 9.17) is 12.2 Å². The van der Waals surface area contributed by atoms with Crippen LogP contribution in [0.15, 0.2) is 18.2 Å². The zero-order valence-corrected chi connectivity index (χ0v) is 16.2. The van der Waals surface area contributed by atoms with Crippen molar-refractivity contribution in [3.63, 3.8) is 0 Å². The van der Waals surface area contributed by atoms with E-state index in [1.165, 1.54) is 4.90 Å². The average Bonchev–Trinajstić information content (AvgIpc) is 3.02. The van der Waals surface area contributed by atoms with Crippen molar-refractivity contribution in [2.75, 3.05) is 13.1 Å². The number of nitrogens with zero attached hydrogens (tertiary/aromatic N) is 3. The van der Waals surface area contributed by atoms with E-state index in [9.17, 15) is 22.4 Å². The SMILES string of the molecule is CC(C)n1c(C2CCN(C(=O)c3ccc(F)c(C(F)(F)F)c3)CC2)n[nH]c1=S. The number of nitrogens with one attached hydrogen (secondary N) is 1. The summed E-state index contributed by atoms with van der Waals surface area (Å²) in [6.45, 7) is 4.75. The number of carbonyl (C=O) groups is 1. The van der Waals surface area contributed by atoms with Crippen molar-refractivity contribution in [3.05, 3.63) is 45.7 Å². The molecule has 2 heterocycles. The number of rotatable bonds is 3. The normalized spacial score (nSPS) is 16.0. The first kappa shape index (κ1) is 20.5. The van der Waals surface area contributed by atoms with E-state index in [0.29, 0.717) is 42.8 Å². The summed E-state index contributed by atoms with van der Waals surface area (Å²) >= 11 is 5.26. The maximum atomic E-state index is 13.4. The molecule has 1 aliphatic heterocycles. The van der Waals surface area contributed by atoms with E-state index in [0.717, 1.165) is 11.9 Å². The van der Waals surface area contributed by atoms with Gasteiger partial charge in [-0.25, -0.2) is 4.39 Å². The summed E-state index contributed by atoms with van der Waals surface area (Å²) in [5.41, 5.74) is -1.60. The summed E-state index contributed by atoms with van der Waals surface area (Å²) < 4.78 is 54.6. The van der Waals surface area contributed by atoms with E-state index in [1.807, 2.05) is 18.4 Å². The molecule has 1 aromatic heterocycles. The second kappa shape index (κ2) is 7.65. The van der Waals surface area contributed by atoms with Crippen LogP contribution in [-0.4, -0.2) is 38.7 Å². The van der Waals surface area contributed by atoms with Crippen molar-refractivity contribution in [1.82, 2.24) is 19.7 Å². The minimum absolute atomic E-state index is 0.0957. The van der Waals surface area contributed by atoms with Crippen LogP contribution in [0.25, 0.3) is 0 Å². The molecule has 0 saturated carbocycles. The minimum Gasteiger partial charge on any atom is -0.339 e. The highest BCUT2D eigenvalue weighted by Gasteiger charge is 2.35. The summed E-state index contributed by atoms with van der Waals surface area (Å²) in [4.78, 5) is 14.1. The molecule has 1 aliphatic rings. The molecule has 1 fully saturated rings. The van der Waals surface area contributed by atoms with Crippen LogP contribution in [0.3, 0.4) is 0 Å². The number of hydrogen-bond donors (Lipinski definition) is 1. The summed E-state index contributed by atoms with van der Waals surface area (Å²) in [6, 6.07) is 2.49. The van der Waals surface area contributed by atoms with E-state index >= 15 is 0 Å². The number of likely N-dealkylation sites (tertiary alicyclic amines) is 1. The second-order valence-corrected chi connectivity index (χ2v) is 7.50. The number of benzene rings is 1. The van der Waals surface area contributed by atoms with Crippen LogP contribution < -0.4 is 0 Å². The zero-order valence-electron chi connectivity index (χ0n) is 15.4. The Morgan fingerprint density at radius 3 is 2.50 bits per heavy atom. The van der Waals surface area contributed by atoms with E-state index in [2.05, 4.69) is 10.2 Å². The van der Waals surface area contributed by atoms with Crippen molar-refractivity contribution < 1.29 is 22.4 Å². The molecule has 152 valence electrons. The molecule has 1 aromatic carbocycles. The van der Waals surface area contributed by atoms with Gasteiger partial charge in [-0.05, 0) is 57.1 Å². The number of alkyl halides is 3. The van der Waals surface area contributed by atoms with Gasteiger partial charge >= 0.3 is 6.18 Å². The van der Waals surface area contributed by atoms with Crippen LogP contribution in [-0.2, 0) is 6.18 Å².